The van der Waals surface area contributed by atoms with Crippen LogP contribution in [0.1, 0.15) is 23.8 Å². The van der Waals surface area contributed by atoms with Crippen LogP contribution in [0.15, 0.2) is 24.3 Å². The Morgan fingerprint density at radius 2 is 2.17 bits per heavy atom. The minimum atomic E-state index is -3.02. The number of nitrogens with one attached hydrogen (secondary N) is 1. The van der Waals surface area contributed by atoms with E-state index in [2.05, 4.69) is 4.98 Å². The van der Waals surface area contributed by atoms with E-state index < -0.39 is 9.84 Å². The SMILES string of the molecule is CCN(C(=O)c1cc2cc(OC)ccc2[nH]1)C1CCS(=O)(=O)C1. The molecule has 23 heavy (non-hydrogen) atoms. The van der Waals surface area contributed by atoms with Crippen molar-refractivity contribution < 1.29 is 17.9 Å². The van der Waals surface area contributed by atoms with Crippen LogP contribution in [0, 0.1) is 0 Å². The molecule has 2 aromatic rings. The summed E-state index contributed by atoms with van der Waals surface area (Å²) in [6, 6.07) is 7.10. The summed E-state index contributed by atoms with van der Waals surface area (Å²) in [6.45, 7) is 2.35. The Hall–Kier alpha value is -2.02. The first-order chi connectivity index (χ1) is 10.9. The van der Waals surface area contributed by atoms with Gasteiger partial charge in [-0.05, 0) is 37.6 Å². The number of H-pyrrole nitrogens is 1. The highest BCUT2D eigenvalue weighted by molar-refractivity contribution is 7.91. The van der Waals surface area contributed by atoms with E-state index in [1.807, 2.05) is 25.1 Å². The lowest BCUT2D eigenvalue weighted by atomic mass is 10.2. The molecule has 0 saturated carbocycles. The van der Waals surface area contributed by atoms with Crippen LogP contribution in [0.3, 0.4) is 0 Å². The number of nitrogens with zero attached hydrogens (tertiary/aromatic N) is 1. The first-order valence-electron chi connectivity index (χ1n) is 7.61. The first kappa shape index (κ1) is 15.9. The van der Waals surface area contributed by atoms with Gasteiger partial charge >= 0.3 is 0 Å². The number of sulfone groups is 1. The van der Waals surface area contributed by atoms with Crippen molar-refractivity contribution >= 4 is 26.6 Å². The van der Waals surface area contributed by atoms with Crippen molar-refractivity contribution in [3.05, 3.63) is 30.0 Å². The Labute approximate surface area is 135 Å². The number of rotatable bonds is 4. The zero-order valence-electron chi connectivity index (χ0n) is 13.2. The van der Waals surface area contributed by atoms with E-state index in [-0.39, 0.29) is 23.5 Å². The second-order valence-corrected chi connectivity index (χ2v) is 8.01. The van der Waals surface area contributed by atoms with Gasteiger partial charge in [0.15, 0.2) is 9.84 Å². The fraction of sp³-hybridized carbons (Fsp3) is 0.438. The van der Waals surface area contributed by atoms with Gasteiger partial charge in [0.1, 0.15) is 11.4 Å². The van der Waals surface area contributed by atoms with Crippen molar-refractivity contribution in [2.24, 2.45) is 0 Å². The van der Waals surface area contributed by atoms with Crippen LogP contribution >= 0.6 is 0 Å². The molecule has 0 spiro atoms. The molecule has 1 fully saturated rings. The van der Waals surface area contributed by atoms with Gasteiger partial charge in [0.05, 0.1) is 18.6 Å². The average Bonchev–Trinajstić information content (AvgIpc) is 3.10. The molecule has 1 atom stereocenters. The Morgan fingerprint density at radius 3 is 2.78 bits per heavy atom. The van der Waals surface area contributed by atoms with E-state index in [1.165, 1.54) is 0 Å². The van der Waals surface area contributed by atoms with E-state index in [1.54, 1.807) is 18.1 Å². The molecule has 0 aliphatic carbocycles. The second kappa shape index (κ2) is 5.88. The number of carbonyl (C=O) groups is 1. The Bertz CT molecular complexity index is 841. The maximum atomic E-state index is 12.8. The summed E-state index contributed by atoms with van der Waals surface area (Å²) in [5, 5.41) is 0.891. The number of hydrogen-bond acceptors (Lipinski definition) is 4. The van der Waals surface area contributed by atoms with E-state index in [0.717, 1.165) is 16.7 Å². The highest BCUT2D eigenvalue weighted by atomic mass is 32.2. The number of carbonyl (C=O) groups excluding carboxylic acids is 1. The highest BCUT2D eigenvalue weighted by Crippen LogP contribution is 2.24. The molecular formula is C16H20N2O4S. The predicted octanol–water partition coefficient (Wildman–Crippen LogP) is 1.83. The summed E-state index contributed by atoms with van der Waals surface area (Å²) in [4.78, 5) is 17.5. The standard InChI is InChI=1S/C16H20N2O4S/c1-3-18(12-6-7-23(20,21)10-12)16(19)15-9-11-8-13(22-2)4-5-14(11)17-15/h4-5,8-9,12,17H,3,6-7,10H2,1-2H3. The Kier molecular flexibility index (Phi) is 4.06. The molecule has 1 aromatic heterocycles. The quantitative estimate of drug-likeness (QED) is 0.924. The minimum absolute atomic E-state index is 0.0562. The van der Waals surface area contributed by atoms with Crippen molar-refractivity contribution in [3.8, 4) is 5.75 Å². The molecule has 1 aliphatic heterocycles. The second-order valence-electron chi connectivity index (χ2n) is 5.78. The lowest BCUT2D eigenvalue weighted by Gasteiger charge is -2.26. The number of aromatic nitrogens is 1. The lowest BCUT2D eigenvalue weighted by Crippen LogP contribution is -2.41. The molecule has 1 unspecified atom stereocenters. The van der Waals surface area contributed by atoms with Crippen LogP contribution in [0.25, 0.3) is 10.9 Å². The Morgan fingerprint density at radius 1 is 1.39 bits per heavy atom. The topological polar surface area (TPSA) is 79.5 Å². The molecule has 7 heteroatoms. The van der Waals surface area contributed by atoms with Gasteiger partial charge in [-0.15, -0.1) is 0 Å². The molecule has 6 nitrogen and oxygen atoms in total. The fourth-order valence-electron chi connectivity index (χ4n) is 3.10. The van der Waals surface area contributed by atoms with Crippen molar-refractivity contribution in [1.29, 1.82) is 0 Å². The molecule has 0 bridgehead atoms. The molecular weight excluding hydrogens is 316 g/mol. The van der Waals surface area contributed by atoms with Crippen LogP contribution in [-0.4, -0.2) is 55.4 Å². The fourth-order valence-corrected chi connectivity index (χ4v) is 4.83. The van der Waals surface area contributed by atoms with Crippen molar-refractivity contribution in [3.63, 3.8) is 0 Å². The van der Waals surface area contributed by atoms with E-state index in [4.69, 9.17) is 4.74 Å². The van der Waals surface area contributed by atoms with E-state index in [0.29, 0.717) is 18.7 Å². The molecule has 1 N–H and O–H groups in total. The van der Waals surface area contributed by atoms with Crippen LogP contribution in [0.5, 0.6) is 5.75 Å². The van der Waals surface area contributed by atoms with Crippen LogP contribution < -0.4 is 4.74 Å². The van der Waals surface area contributed by atoms with Crippen LogP contribution in [-0.2, 0) is 9.84 Å². The molecule has 124 valence electrons. The smallest absolute Gasteiger partial charge is 0.270 e. The lowest BCUT2D eigenvalue weighted by molar-refractivity contribution is 0.0703. The summed E-state index contributed by atoms with van der Waals surface area (Å²) >= 11 is 0. The van der Waals surface area contributed by atoms with Crippen molar-refractivity contribution in [1.82, 2.24) is 9.88 Å². The van der Waals surface area contributed by atoms with Gasteiger partial charge in [-0.3, -0.25) is 4.79 Å². The van der Waals surface area contributed by atoms with Gasteiger partial charge in [0, 0.05) is 23.5 Å². The summed E-state index contributed by atoms with van der Waals surface area (Å²) in [5.74, 6) is 0.779. The first-order valence-corrected chi connectivity index (χ1v) is 9.44. The normalized spacial score (nSPS) is 19.8. The zero-order chi connectivity index (χ0) is 16.6. The number of benzene rings is 1. The van der Waals surface area contributed by atoms with Gasteiger partial charge in [-0.1, -0.05) is 0 Å². The third-order valence-corrected chi connectivity index (χ3v) is 6.06. The van der Waals surface area contributed by atoms with E-state index >= 15 is 0 Å². The van der Waals surface area contributed by atoms with Crippen molar-refractivity contribution in [2.45, 2.75) is 19.4 Å². The minimum Gasteiger partial charge on any atom is -0.497 e. The van der Waals surface area contributed by atoms with Crippen LogP contribution in [0.4, 0.5) is 0 Å². The molecule has 2 heterocycles. The Balaban J connectivity index is 1.89. The maximum Gasteiger partial charge on any atom is 0.270 e. The van der Waals surface area contributed by atoms with Gasteiger partial charge < -0.3 is 14.6 Å². The van der Waals surface area contributed by atoms with Gasteiger partial charge in [-0.25, -0.2) is 8.42 Å². The van der Waals surface area contributed by atoms with Gasteiger partial charge in [0.2, 0.25) is 0 Å². The summed E-state index contributed by atoms with van der Waals surface area (Å²) < 4.78 is 28.5. The van der Waals surface area contributed by atoms with Crippen LogP contribution in [0.2, 0.25) is 0 Å². The van der Waals surface area contributed by atoms with Gasteiger partial charge in [-0.2, -0.15) is 0 Å². The number of methoxy groups -OCH3 is 1. The number of amides is 1. The predicted molar refractivity (Wildman–Crippen MR) is 88.6 cm³/mol. The molecule has 3 rings (SSSR count). The molecule has 1 saturated heterocycles. The highest BCUT2D eigenvalue weighted by Gasteiger charge is 2.34. The monoisotopic (exact) mass is 336 g/mol. The number of ether oxygens (including phenoxy) is 1. The number of fused-ring (bicyclic) bond motifs is 1. The molecule has 1 amide bonds. The molecule has 1 aromatic carbocycles. The third-order valence-electron chi connectivity index (χ3n) is 4.31. The van der Waals surface area contributed by atoms with E-state index in [9.17, 15) is 13.2 Å². The maximum absolute atomic E-state index is 12.8. The van der Waals surface area contributed by atoms with Crippen molar-refractivity contribution in [2.75, 3.05) is 25.2 Å². The summed E-state index contributed by atoms with van der Waals surface area (Å²) in [6.07, 6.45) is 0.510. The average molecular weight is 336 g/mol. The number of aromatic amines is 1. The molecule has 1 aliphatic rings. The van der Waals surface area contributed by atoms with Gasteiger partial charge in [0.25, 0.3) is 5.91 Å². The largest absolute Gasteiger partial charge is 0.497 e. The zero-order valence-corrected chi connectivity index (χ0v) is 14.0. The molecule has 0 radical (unpaired) electrons. The summed E-state index contributed by atoms with van der Waals surface area (Å²) in [5.41, 5.74) is 1.32. The number of hydrogen-bond donors (Lipinski definition) is 1. The summed E-state index contributed by atoms with van der Waals surface area (Å²) in [7, 11) is -1.42. The third kappa shape index (κ3) is 3.06.